The van der Waals surface area contributed by atoms with E-state index in [0.29, 0.717) is 0 Å². The van der Waals surface area contributed by atoms with Crippen LogP contribution in [0.4, 0.5) is 4.79 Å². The van der Waals surface area contributed by atoms with Crippen molar-refractivity contribution in [2.75, 3.05) is 52.4 Å². The Morgan fingerprint density at radius 1 is 1.32 bits per heavy atom. The summed E-state index contributed by atoms with van der Waals surface area (Å²) in [6, 6.07) is 0. The maximum atomic E-state index is 12.0. The Labute approximate surface area is 133 Å². The Hall–Kier alpha value is -1.50. The fourth-order valence-electron chi connectivity index (χ4n) is 2.46. The second-order valence-corrected chi connectivity index (χ2v) is 6.75. The molecule has 0 unspecified atom stereocenters. The van der Waals surface area contributed by atoms with Gasteiger partial charge in [-0.05, 0) is 27.2 Å². The topological polar surface area (TPSA) is 69.2 Å². The second-order valence-electron chi connectivity index (χ2n) is 6.75. The monoisotopic (exact) mass is 311 g/mol. The van der Waals surface area contributed by atoms with Gasteiger partial charge in [0.05, 0.1) is 0 Å². The molecule has 2 aliphatic rings. The van der Waals surface area contributed by atoms with E-state index >= 15 is 0 Å². The standard InChI is InChI=1S/C15H29N5O2/c1-15(2,3)22-14(21)20-11-9-19(10-12-20)8-7-18-13-16-5-4-6-17-13/h4-12H2,1-3H3,(H2,16,17,18). The van der Waals surface area contributed by atoms with Crippen LogP contribution < -0.4 is 10.6 Å². The van der Waals surface area contributed by atoms with Crippen LogP contribution in [0.25, 0.3) is 0 Å². The van der Waals surface area contributed by atoms with Gasteiger partial charge in [-0.15, -0.1) is 0 Å². The van der Waals surface area contributed by atoms with Crippen molar-refractivity contribution >= 4 is 12.1 Å². The first-order chi connectivity index (χ1) is 10.4. The molecule has 7 nitrogen and oxygen atoms in total. The zero-order valence-corrected chi connectivity index (χ0v) is 14.0. The van der Waals surface area contributed by atoms with Gasteiger partial charge in [0, 0.05) is 52.4 Å². The van der Waals surface area contributed by atoms with E-state index in [1.807, 2.05) is 20.8 Å². The Morgan fingerprint density at radius 3 is 2.64 bits per heavy atom. The summed E-state index contributed by atoms with van der Waals surface area (Å²) >= 11 is 0. The van der Waals surface area contributed by atoms with E-state index in [1.54, 1.807) is 4.90 Å². The molecule has 2 rings (SSSR count). The highest BCUT2D eigenvalue weighted by Crippen LogP contribution is 2.11. The molecular formula is C15H29N5O2. The maximum Gasteiger partial charge on any atom is 0.410 e. The normalized spacial score (nSPS) is 20.1. The van der Waals surface area contributed by atoms with Gasteiger partial charge in [-0.25, -0.2) is 4.79 Å². The smallest absolute Gasteiger partial charge is 0.410 e. The van der Waals surface area contributed by atoms with Gasteiger partial charge >= 0.3 is 6.09 Å². The largest absolute Gasteiger partial charge is 0.444 e. The Balaban J connectivity index is 1.62. The summed E-state index contributed by atoms with van der Waals surface area (Å²) in [4.78, 5) is 20.5. The van der Waals surface area contributed by atoms with Gasteiger partial charge in [0.15, 0.2) is 5.96 Å². The van der Waals surface area contributed by atoms with E-state index in [2.05, 4.69) is 20.5 Å². The van der Waals surface area contributed by atoms with Crippen molar-refractivity contribution in [3.63, 3.8) is 0 Å². The number of piperazine rings is 1. The average Bonchev–Trinajstić information content (AvgIpc) is 2.47. The molecule has 0 saturated carbocycles. The molecule has 22 heavy (non-hydrogen) atoms. The number of ether oxygens (including phenoxy) is 1. The van der Waals surface area contributed by atoms with Crippen molar-refractivity contribution < 1.29 is 9.53 Å². The highest BCUT2D eigenvalue weighted by Gasteiger charge is 2.25. The third-order valence-corrected chi connectivity index (χ3v) is 3.64. The molecule has 0 radical (unpaired) electrons. The molecule has 126 valence electrons. The number of aliphatic imine (C=N–C) groups is 1. The molecule has 2 N–H and O–H groups in total. The van der Waals surface area contributed by atoms with Gasteiger partial charge < -0.3 is 20.3 Å². The van der Waals surface area contributed by atoms with Crippen LogP contribution in [0, 0.1) is 0 Å². The number of guanidine groups is 1. The van der Waals surface area contributed by atoms with Crippen LogP contribution in [0.3, 0.4) is 0 Å². The summed E-state index contributed by atoms with van der Waals surface area (Å²) in [5.41, 5.74) is -0.425. The van der Waals surface area contributed by atoms with Crippen molar-refractivity contribution in [1.29, 1.82) is 0 Å². The summed E-state index contributed by atoms with van der Waals surface area (Å²) in [6.07, 6.45) is 0.906. The Kier molecular flexibility index (Phi) is 5.88. The van der Waals surface area contributed by atoms with Gasteiger partial charge in [0.25, 0.3) is 0 Å². The highest BCUT2D eigenvalue weighted by molar-refractivity contribution is 5.80. The van der Waals surface area contributed by atoms with Crippen LogP contribution in [0.1, 0.15) is 27.2 Å². The number of carbonyl (C=O) groups is 1. The van der Waals surface area contributed by atoms with E-state index in [1.165, 1.54) is 0 Å². The molecule has 7 heteroatoms. The number of carbonyl (C=O) groups excluding carboxylic acids is 1. The van der Waals surface area contributed by atoms with Gasteiger partial charge in [0.1, 0.15) is 5.60 Å². The molecule has 1 amide bonds. The first kappa shape index (κ1) is 16.9. The SMILES string of the molecule is CC(C)(C)OC(=O)N1CCN(CCNC2=NCCCN2)CC1. The van der Waals surface area contributed by atoms with Gasteiger partial charge in [-0.1, -0.05) is 0 Å². The van der Waals surface area contributed by atoms with Gasteiger partial charge in [0.2, 0.25) is 0 Å². The number of hydrogen-bond donors (Lipinski definition) is 2. The van der Waals surface area contributed by atoms with E-state index in [9.17, 15) is 4.79 Å². The molecule has 1 fully saturated rings. The molecule has 0 bridgehead atoms. The lowest BCUT2D eigenvalue weighted by Gasteiger charge is -2.35. The summed E-state index contributed by atoms with van der Waals surface area (Å²) in [7, 11) is 0. The molecule has 0 spiro atoms. The van der Waals surface area contributed by atoms with E-state index in [4.69, 9.17) is 4.74 Å². The second kappa shape index (κ2) is 7.67. The highest BCUT2D eigenvalue weighted by atomic mass is 16.6. The maximum absolute atomic E-state index is 12.0. The van der Waals surface area contributed by atoms with E-state index in [-0.39, 0.29) is 6.09 Å². The first-order valence-corrected chi connectivity index (χ1v) is 8.16. The summed E-state index contributed by atoms with van der Waals surface area (Å²) in [6.45, 7) is 12.7. The van der Waals surface area contributed by atoms with Crippen molar-refractivity contribution in [2.45, 2.75) is 32.8 Å². The van der Waals surface area contributed by atoms with E-state index < -0.39 is 5.60 Å². The lowest BCUT2D eigenvalue weighted by atomic mass is 10.2. The molecule has 0 aliphatic carbocycles. The lowest BCUT2D eigenvalue weighted by molar-refractivity contribution is 0.0147. The summed E-state index contributed by atoms with van der Waals surface area (Å²) < 4.78 is 5.41. The minimum absolute atomic E-state index is 0.203. The number of nitrogens with one attached hydrogen (secondary N) is 2. The third kappa shape index (κ3) is 5.71. The zero-order chi connectivity index (χ0) is 16.0. The zero-order valence-electron chi connectivity index (χ0n) is 14.0. The van der Waals surface area contributed by atoms with E-state index in [0.717, 1.165) is 64.7 Å². The Bertz CT molecular complexity index is 397. The minimum Gasteiger partial charge on any atom is -0.444 e. The lowest BCUT2D eigenvalue weighted by Crippen LogP contribution is -2.52. The molecule has 2 heterocycles. The van der Waals surface area contributed by atoms with Crippen LogP contribution in [0.15, 0.2) is 4.99 Å². The predicted octanol–water partition coefficient (Wildman–Crippen LogP) is 0.478. The van der Waals surface area contributed by atoms with Gasteiger partial charge in [-0.2, -0.15) is 0 Å². The quantitative estimate of drug-likeness (QED) is 0.793. The van der Waals surface area contributed by atoms with Crippen molar-refractivity contribution in [2.24, 2.45) is 4.99 Å². The van der Waals surface area contributed by atoms with Crippen molar-refractivity contribution in [3.8, 4) is 0 Å². The summed E-state index contributed by atoms with van der Waals surface area (Å²) in [5, 5.41) is 6.58. The molecular weight excluding hydrogens is 282 g/mol. The average molecular weight is 311 g/mol. The molecule has 0 aromatic carbocycles. The van der Waals surface area contributed by atoms with Crippen LogP contribution >= 0.6 is 0 Å². The first-order valence-electron chi connectivity index (χ1n) is 8.16. The molecule has 0 atom stereocenters. The molecule has 2 aliphatic heterocycles. The van der Waals surface area contributed by atoms with Crippen molar-refractivity contribution in [1.82, 2.24) is 20.4 Å². The van der Waals surface area contributed by atoms with Crippen LogP contribution in [0.5, 0.6) is 0 Å². The Morgan fingerprint density at radius 2 is 2.05 bits per heavy atom. The predicted molar refractivity (Wildman–Crippen MR) is 87.2 cm³/mol. The van der Waals surface area contributed by atoms with Gasteiger partial charge in [-0.3, -0.25) is 9.89 Å². The van der Waals surface area contributed by atoms with Crippen LogP contribution in [-0.2, 0) is 4.74 Å². The van der Waals surface area contributed by atoms with Crippen molar-refractivity contribution in [3.05, 3.63) is 0 Å². The minimum atomic E-state index is -0.425. The number of rotatable bonds is 3. The molecule has 0 aromatic heterocycles. The van der Waals surface area contributed by atoms with Crippen LogP contribution in [0.2, 0.25) is 0 Å². The number of nitrogens with zero attached hydrogens (tertiary/aromatic N) is 3. The molecule has 0 aromatic rings. The fourth-order valence-corrected chi connectivity index (χ4v) is 2.46. The fraction of sp³-hybridized carbons (Fsp3) is 0.867. The summed E-state index contributed by atoms with van der Waals surface area (Å²) in [5.74, 6) is 0.915. The number of hydrogen-bond acceptors (Lipinski definition) is 6. The van der Waals surface area contributed by atoms with Crippen LogP contribution in [-0.4, -0.2) is 79.8 Å². The molecule has 1 saturated heterocycles. The number of amides is 1. The third-order valence-electron chi connectivity index (χ3n) is 3.64.